The summed E-state index contributed by atoms with van der Waals surface area (Å²) >= 11 is 5.84. The number of anilines is 1. The van der Waals surface area contributed by atoms with E-state index in [1.165, 1.54) is 6.92 Å². The van der Waals surface area contributed by atoms with Crippen LogP contribution in [0.3, 0.4) is 0 Å². The number of benzene rings is 2. The summed E-state index contributed by atoms with van der Waals surface area (Å²) in [5.74, 6) is -0.471. The number of fused-ring (bicyclic) bond motifs is 1. The molecule has 0 saturated carbocycles. The molecular formula is C18H17ClN2O3. The van der Waals surface area contributed by atoms with Gasteiger partial charge < -0.3 is 15.4 Å². The molecule has 0 aromatic heterocycles. The quantitative estimate of drug-likeness (QED) is 0.838. The highest BCUT2D eigenvalue weighted by Crippen LogP contribution is 2.33. The van der Waals surface area contributed by atoms with Gasteiger partial charge in [-0.15, -0.1) is 0 Å². The molecule has 2 amide bonds. The zero-order valence-electron chi connectivity index (χ0n) is 13.1. The highest BCUT2D eigenvalue weighted by Gasteiger charge is 2.46. The minimum Gasteiger partial charge on any atom is -0.466 e. The Labute approximate surface area is 145 Å². The Morgan fingerprint density at radius 3 is 2.67 bits per heavy atom. The number of carbonyl (C=O) groups is 2. The van der Waals surface area contributed by atoms with Gasteiger partial charge in [-0.25, -0.2) is 0 Å². The summed E-state index contributed by atoms with van der Waals surface area (Å²) in [6, 6.07) is 14.4. The summed E-state index contributed by atoms with van der Waals surface area (Å²) in [5, 5.41) is 6.13. The second-order valence-electron chi connectivity index (χ2n) is 5.72. The molecule has 5 nitrogen and oxygen atoms in total. The van der Waals surface area contributed by atoms with Crippen molar-refractivity contribution in [2.75, 3.05) is 11.9 Å². The van der Waals surface area contributed by atoms with Crippen LogP contribution in [0.5, 0.6) is 5.75 Å². The van der Waals surface area contributed by atoms with E-state index < -0.39 is 17.4 Å². The molecule has 1 aliphatic heterocycles. The zero-order chi connectivity index (χ0) is 17.2. The van der Waals surface area contributed by atoms with E-state index in [-0.39, 0.29) is 0 Å². The number of rotatable bonds is 4. The number of nitrogens with one attached hydrogen (secondary N) is 2. The largest absolute Gasteiger partial charge is 0.466 e. The average molecular weight is 345 g/mol. The lowest BCUT2D eigenvalue weighted by Gasteiger charge is -2.33. The van der Waals surface area contributed by atoms with Crippen molar-refractivity contribution in [1.29, 1.82) is 0 Å². The van der Waals surface area contributed by atoms with Crippen molar-refractivity contribution in [2.45, 2.75) is 18.9 Å². The third-order valence-electron chi connectivity index (χ3n) is 3.93. The molecule has 3 rings (SSSR count). The molecule has 0 aliphatic carbocycles. The van der Waals surface area contributed by atoms with Crippen molar-refractivity contribution in [2.24, 2.45) is 0 Å². The molecular weight excluding hydrogens is 328 g/mol. The molecule has 1 heterocycles. The molecule has 124 valence electrons. The van der Waals surface area contributed by atoms with Crippen LogP contribution < -0.4 is 15.4 Å². The fourth-order valence-electron chi connectivity index (χ4n) is 2.46. The zero-order valence-corrected chi connectivity index (χ0v) is 13.9. The first kappa shape index (κ1) is 16.3. The Hall–Kier alpha value is -2.53. The van der Waals surface area contributed by atoms with Crippen LogP contribution in [0, 0.1) is 0 Å². The third kappa shape index (κ3) is 3.21. The number of amides is 2. The first-order valence-corrected chi connectivity index (χ1v) is 7.99. The van der Waals surface area contributed by atoms with Crippen LogP contribution in [0.1, 0.15) is 12.5 Å². The van der Waals surface area contributed by atoms with Gasteiger partial charge in [0.15, 0.2) is 0 Å². The molecule has 24 heavy (non-hydrogen) atoms. The van der Waals surface area contributed by atoms with Crippen molar-refractivity contribution >= 4 is 29.1 Å². The van der Waals surface area contributed by atoms with E-state index >= 15 is 0 Å². The van der Waals surface area contributed by atoms with Crippen LogP contribution in [0.25, 0.3) is 0 Å². The maximum Gasteiger partial charge on any atom is 0.278 e. The number of carbonyl (C=O) groups excluding carboxylic acids is 2. The number of ether oxygens (including phenoxy) is 1. The summed E-state index contributed by atoms with van der Waals surface area (Å²) in [7, 11) is 0. The predicted molar refractivity (Wildman–Crippen MR) is 92.3 cm³/mol. The lowest BCUT2D eigenvalue weighted by atomic mass is 10.0. The topological polar surface area (TPSA) is 67.4 Å². The molecule has 2 aromatic carbocycles. The van der Waals surface area contributed by atoms with E-state index in [2.05, 4.69) is 10.6 Å². The SMILES string of the molecule is C[C@]1(C(=O)NCCc2ccc(Cl)cc2)Oc2ccccc2NC1=O. The molecule has 2 N–H and O–H groups in total. The van der Waals surface area contributed by atoms with Gasteiger partial charge in [0, 0.05) is 11.6 Å². The van der Waals surface area contributed by atoms with Gasteiger partial charge in [-0.2, -0.15) is 0 Å². The molecule has 1 aliphatic rings. The molecule has 0 unspecified atom stereocenters. The minimum atomic E-state index is -1.59. The highest BCUT2D eigenvalue weighted by molar-refractivity contribution is 6.30. The molecule has 1 atom stereocenters. The minimum absolute atomic E-state index is 0.397. The Morgan fingerprint density at radius 2 is 1.92 bits per heavy atom. The summed E-state index contributed by atoms with van der Waals surface area (Å²) in [5.41, 5.74) is 0.0205. The van der Waals surface area contributed by atoms with Gasteiger partial charge in [0.2, 0.25) is 0 Å². The number of halogens is 1. The van der Waals surface area contributed by atoms with Crippen LogP contribution in [0.4, 0.5) is 5.69 Å². The molecule has 0 fully saturated rings. The van der Waals surface area contributed by atoms with Gasteiger partial charge in [-0.1, -0.05) is 35.9 Å². The molecule has 6 heteroatoms. The van der Waals surface area contributed by atoms with Gasteiger partial charge in [0.1, 0.15) is 5.75 Å². The Balaban J connectivity index is 1.63. The van der Waals surface area contributed by atoms with Crippen LogP contribution >= 0.6 is 11.6 Å². The summed E-state index contributed by atoms with van der Waals surface area (Å²) < 4.78 is 5.67. The van der Waals surface area contributed by atoms with E-state index in [4.69, 9.17) is 16.3 Å². The fourth-order valence-corrected chi connectivity index (χ4v) is 2.58. The second kappa shape index (κ2) is 6.53. The normalized spacial score (nSPS) is 19.0. The van der Waals surface area contributed by atoms with E-state index in [0.29, 0.717) is 29.4 Å². The number of para-hydroxylation sites is 2. The van der Waals surface area contributed by atoms with Crippen molar-refractivity contribution < 1.29 is 14.3 Å². The Kier molecular flexibility index (Phi) is 4.44. The lowest BCUT2D eigenvalue weighted by Crippen LogP contribution is -2.58. The summed E-state index contributed by atoms with van der Waals surface area (Å²) in [6.07, 6.45) is 0.636. The second-order valence-corrected chi connectivity index (χ2v) is 6.15. The van der Waals surface area contributed by atoms with Crippen LogP contribution in [-0.4, -0.2) is 24.0 Å². The van der Waals surface area contributed by atoms with E-state index in [0.717, 1.165) is 5.56 Å². The number of hydrogen-bond acceptors (Lipinski definition) is 3. The van der Waals surface area contributed by atoms with E-state index in [9.17, 15) is 9.59 Å². The average Bonchev–Trinajstić information content (AvgIpc) is 2.57. The summed E-state index contributed by atoms with van der Waals surface area (Å²) in [4.78, 5) is 24.7. The highest BCUT2D eigenvalue weighted by atomic mass is 35.5. The molecule has 0 bridgehead atoms. The first-order valence-electron chi connectivity index (χ1n) is 7.61. The standard InChI is InChI=1S/C18H17ClN2O3/c1-18(17(23)21-14-4-2-3-5-15(14)24-18)16(22)20-11-10-12-6-8-13(19)9-7-12/h2-9H,10-11H2,1H3,(H,20,22)(H,21,23)/t18-/m1/s1. The Morgan fingerprint density at radius 1 is 1.21 bits per heavy atom. The van der Waals surface area contributed by atoms with Crippen molar-refractivity contribution in [3.63, 3.8) is 0 Å². The summed E-state index contributed by atoms with van der Waals surface area (Å²) in [6.45, 7) is 1.87. The van der Waals surface area contributed by atoms with Gasteiger partial charge in [-0.05, 0) is 43.2 Å². The smallest absolute Gasteiger partial charge is 0.278 e. The monoisotopic (exact) mass is 344 g/mol. The molecule has 2 aromatic rings. The maximum absolute atomic E-state index is 12.5. The van der Waals surface area contributed by atoms with Gasteiger partial charge in [0.25, 0.3) is 17.4 Å². The molecule has 0 radical (unpaired) electrons. The number of hydrogen-bond donors (Lipinski definition) is 2. The first-order chi connectivity index (χ1) is 11.5. The van der Waals surface area contributed by atoms with Gasteiger partial charge >= 0.3 is 0 Å². The van der Waals surface area contributed by atoms with Crippen molar-refractivity contribution in [3.8, 4) is 5.75 Å². The molecule has 0 spiro atoms. The van der Waals surface area contributed by atoms with Gasteiger partial charge in [0.05, 0.1) is 5.69 Å². The third-order valence-corrected chi connectivity index (χ3v) is 4.18. The van der Waals surface area contributed by atoms with Crippen molar-refractivity contribution in [3.05, 3.63) is 59.1 Å². The fraction of sp³-hybridized carbons (Fsp3) is 0.222. The van der Waals surface area contributed by atoms with Crippen LogP contribution in [-0.2, 0) is 16.0 Å². The molecule has 0 saturated heterocycles. The van der Waals surface area contributed by atoms with Crippen molar-refractivity contribution in [1.82, 2.24) is 5.32 Å². The van der Waals surface area contributed by atoms with E-state index in [1.54, 1.807) is 36.4 Å². The Bertz CT molecular complexity index is 776. The van der Waals surface area contributed by atoms with Crippen LogP contribution in [0.2, 0.25) is 5.02 Å². The van der Waals surface area contributed by atoms with Crippen LogP contribution in [0.15, 0.2) is 48.5 Å². The predicted octanol–water partition coefficient (Wildman–Crippen LogP) is 2.79. The lowest BCUT2D eigenvalue weighted by molar-refractivity contribution is -0.146. The van der Waals surface area contributed by atoms with Gasteiger partial charge in [-0.3, -0.25) is 9.59 Å². The maximum atomic E-state index is 12.5. The van der Waals surface area contributed by atoms with E-state index in [1.807, 2.05) is 12.1 Å².